The number of pyridine rings is 1. The van der Waals surface area contributed by atoms with Crippen molar-refractivity contribution < 1.29 is 4.74 Å². The molecular weight excluding hydrogens is 260 g/mol. The Bertz CT molecular complexity index is 579. The van der Waals surface area contributed by atoms with E-state index in [9.17, 15) is 0 Å². The summed E-state index contributed by atoms with van der Waals surface area (Å²) in [6.07, 6.45) is 3.37. The van der Waals surface area contributed by atoms with E-state index in [1.807, 2.05) is 31.3 Å². The van der Waals surface area contributed by atoms with E-state index in [1.54, 1.807) is 6.20 Å². The van der Waals surface area contributed by atoms with E-state index in [1.165, 1.54) is 11.1 Å². The highest BCUT2D eigenvalue weighted by Crippen LogP contribution is 2.28. The summed E-state index contributed by atoms with van der Waals surface area (Å²) in [6, 6.07) is 10.0. The molecule has 3 heteroatoms. The third-order valence-electron chi connectivity index (χ3n) is 3.62. The molecule has 0 aliphatic heterocycles. The van der Waals surface area contributed by atoms with E-state index in [-0.39, 0.29) is 12.1 Å². The quantitative estimate of drug-likeness (QED) is 0.903. The number of benzene rings is 1. The van der Waals surface area contributed by atoms with Crippen LogP contribution in [0.25, 0.3) is 0 Å². The van der Waals surface area contributed by atoms with Gasteiger partial charge in [-0.1, -0.05) is 26.0 Å². The van der Waals surface area contributed by atoms with Crippen LogP contribution in [0, 0.1) is 6.92 Å². The third kappa shape index (κ3) is 3.82. The van der Waals surface area contributed by atoms with Crippen molar-refractivity contribution in [3.63, 3.8) is 0 Å². The van der Waals surface area contributed by atoms with Gasteiger partial charge in [0.2, 0.25) is 0 Å². The molecule has 0 spiro atoms. The first kappa shape index (κ1) is 15.5. The van der Waals surface area contributed by atoms with Crippen molar-refractivity contribution in [1.82, 2.24) is 4.98 Å². The van der Waals surface area contributed by atoms with Crippen molar-refractivity contribution >= 4 is 0 Å². The van der Waals surface area contributed by atoms with E-state index < -0.39 is 0 Å². The lowest BCUT2D eigenvalue weighted by Crippen LogP contribution is -2.29. The monoisotopic (exact) mass is 284 g/mol. The van der Waals surface area contributed by atoms with Gasteiger partial charge in [-0.05, 0) is 49.1 Å². The Morgan fingerprint density at radius 3 is 2.43 bits per heavy atom. The molecule has 0 aliphatic rings. The highest BCUT2D eigenvalue weighted by Gasteiger charge is 2.18. The molecule has 112 valence electrons. The molecule has 2 N–H and O–H groups in total. The predicted octanol–water partition coefficient (Wildman–Crippen LogP) is 3.98. The molecule has 2 unspecified atom stereocenters. The van der Waals surface area contributed by atoms with Crippen LogP contribution in [-0.2, 0) is 0 Å². The van der Waals surface area contributed by atoms with Crippen LogP contribution in [0.2, 0.25) is 0 Å². The Morgan fingerprint density at radius 2 is 1.90 bits per heavy atom. The first-order valence-electron chi connectivity index (χ1n) is 7.41. The lowest BCUT2D eigenvalue weighted by atomic mass is 9.98. The average Bonchev–Trinajstić information content (AvgIpc) is 2.45. The molecule has 21 heavy (non-hydrogen) atoms. The molecule has 1 aromatic heterocycles. The highest BCUT2D eigenvalue weighted by atomic mass is 16.5. The summed E-state index contributed by atoms with van der Waals surface area (Å²) >= 11 is 0. The summed E-state index contributed by atoms with van der Waals surface area (Å²) in [6.45, 7) is 8.46. The van der Waals surface area contributed by atoms with E-state index in [0.29, 0.717) is 5.92 Å². The second kappa shape index (κ2) is 6.72. The fraction of sp³-hybridized carbons (Fsp3) is 0.389. The number of aromatic nitrogens is 1. The van der Waals surface area contributed by atoms with E-state index in [2.05, 4.69) is 37.9 Å². The van der Waals surface area contributed by atoms with Crippen molar-refractivity contribution in [3.8, 4) is 5.75 Å². The number of hydrogen-bond acceptors (Lipinski definition) is 3. The van der Waals surface area contributed by atoms with Gasteiger partial charge in [-0.3, -0.25) is 4.98 Å². The number of aryl methyl sites for hydroxylation is 1. The Hall–Kier alpha value is -1.87. The van der Waals surface area contributed by atoms with Crippen LogP contribution in [0.1, 0.15) is 49.5 Å². The van der Waals surface area contributed by atoms with Crippen molar-refractivity contribution in [2.45, 2.75) is 45.8 Å². The summed E-state index contributed by atoms with van der Waals surface area (Å²) in [7, 11) is 0. The van der Waals surface area contributed by atoms with Gasteiger partial charge in [0.1, 0.15) is 11.9 Å². The maximum Gasteiger partial charge on any atom is 0.140 e. The molecule has 0 saturated carbocycles. The largest absolute Gasteiger partial charge is 0.484 e. The molecule has 3 nitrogen and oxygen atoms in total. The van der Waals surface area contributed by atoms with Crippen LogP contribution < -0.4 is 10.5 Å². The van der Waals surface area contributed by atoms with Gasteiger partial charge >= 0.3 is 0 Å². The zero-order valence-corrected chi connectivity index (χ0v) is 13.2. The van der Waals surface area contributed by atoms with Gasteiger partial charge in [-0.15, -0.1) is 0 Å². The first-order chi connectivity index (χ1) is 9.99. The Balaban J connectivity index is 2.24. The molecule has 0 fully saturated rings. The zero-order valence-electron chi connectivity index (χ0n) is 13.2. The molecule has 0 radical (unpaired) electrons. The summed E-state index contributed by atoms with van der Waals surface area (Å²) in [5.41, 5.74) is 9.67. The Labute approximate surface area is 127 Å². The summed E-state index contributed by atoms with van der Waals surface area (Å²) < 4.78 is 6.11. The van der Waals surface area contributed by atoms with Crippen LogP contribution in [-0.4, -0.2) is 11.0 Å². The normalized spacial score (nSPS) is 14.0. The third-order valence-corrected chi connectivity index (χ3v) is 3.62. The molecule has 1 heterocycles. The van der Waals surface area contributed by atoms with Gasteiger partial charge < -0.3 is 10.5 Å². The fourth-order valence-electron chi connectivity index (χ4n) is 2.54. The zero-order chi connectivity index (χ0) is 15.4. The molecule has 2 atom stereocenters. The van der Waals surface area contributed by atoms with Crippen LogP contribution >= 0.6 is 0 Å². The second-order valence-electron chi connectivity index (χ2n) is 5.86. The van der Waals surface area contributed by atoms with Gasteiger partial charge in [0.15, 0.2) is 0 Å². The number of ether oxygens (including phenoxy) is 1. The van der Waals surface area contributed by atoms with E-state index >= 15 is 0 Å². The summed E-state index contributed by atoms with van der Waals surface area (Å²) in [5.74, 6) is 1.37. The Morgan fingerprint density at radius 1 is 1.14 bits per heavy atom. The average molecular weight is 284 g/mol. The topological polar surface area (TPSA) is 48.1 Å². The number of hydrogen-bond donors (Lipinski definition) is 1. The smallest absolute Gasteiger partial charge is 0.140 e. The van der Waals surface area contributed by atoms with Crippen molar-refractivity contribution in [2.75, 3.05) is 0 Å². The SMILES string of the molecule is Cc1cc(OC(c2cccnc2)C(C)N)ccc1C(C)C. The lowest BCUT2D eigenvalue weighted by Gasteiger charge is -2.23. The molecule has 0 bridgehead atoms. The van der Waals surface area contributed by atoms with Crippen molar-refractivity contribution in [3.05, 3.63) is 59.4 Å². The Kier molecular flexibility index (Phi) is 4.97. The lowest BCUT2D eigenvalue weighted by molar-refractivity contribution is 0.180. The maximum absolute atomic E-state index is 6.11. The molecular formula is C18H24N2O. The van der Waals surface area contributed by atoms with Gasteiger partial charge in [-0.25, -0.2) is 0 Å². The maximum atomic E-state index is 6.11. The van der Waals surface area contributed by atoms with Crippen molar-refractivity contribution in [2.24, 2.45) is 5.73 Å². The highest BCUT2D eigenvalue weighted by molar-refractivity contribution is 5.37. The summed E-state index contributed by atoms with van der Waals surface area (Å²) in [5, 5.41) is 0. The molecule has 0 saturated heterocycles. The first-order valence-corrected chi connectivity index (χ1v) is 7.41. The van der Waals surface area contributed by atoms with Crippen LogP contribution in [0.5, 0.6) is 5.75 Å². The van der Waals surface area contributed by atoms with Crippen LogP contribution in [0.3, 0.4) is 0 Å². The minimum Gasteiger partial charge on any atom is -0.484 e. The van der Waals surface area contributed by atoms with Crippen LogP contribution in [0.15, 0.2) is 42.7 Å². The van der Waals surface area contributed by atoms with E-state index in [4.69, 9.17) is 10.5 Å². The number of nitrogens with two attached hydrogens (primary N) is 1. The molecule has 2 aromatic rings. The van der Waals surface area contributed by atoms with Crippen LogP contribution in [0.4, 0.5) is 0 Å². The fourth-order valence-corrected chi connectivity index (χ4v) is 2.54. The summed E-state index contributed by atoms with van der Waals surface area (Å²) in [4.78, 5) is 4.15. The van der Waals surface area contributed by atoms with Gasteiger partial charge in [0.05, 0.1) is 0 Å². The standard InChI is InChI=1S/C18H24N2O/c1-12(2)17-8-7-16(10-13(17)3)21-18(14(4)19)15-6-5-9-20-11-15/h5-12,14,18H,19H2,1-4H3. The van der Waals surface area contributed by atoms with Gasteiger partial charge in [0.25, 0.3) is 0 Å². The number of rotatable bonds is 5. The van der Waals surface area contributed by atoms with Crippen molar-refractivity contribution in [1.29, 1.82) is 0 Å². The molecule has 2 rings (SSSR count). The van der Waals surface area contributed by atoms with Gasteiger partial charge in [0, 0.05) is 24.0 Å². The molecule has 1 aromatic carbocycles. The molecule has 0 aliphatic carbocycles. The van der Waals surface area contributed by atoms with Gasteiger partial charge in [-0.2, -0.15) is 0 Å². The minimum atomic E-state index is -0.192. The predicted molar refractivity (Wildman–Crippen MR) is 86.5 cm³/mol. The molecule has 0 amide bonds. The number of nitrogens with zero attached hydrogens (tertiary/aromatic N) is 1. The minimum absolute atomic E-state index is 0.112. The second-order valence-corrected chi connectivity index (χ2v) is 5.86. The van der Waals surface area contributed by atoms with E-state index in [0.717, 1.165) is 11.3 Å².